The summed E-state index contributed by atoms with van der Waals surface area (Å²) in [5, 5.41) is 0. The van der Waals surface area contributed by atoms with E-state index in [1.807, 2.05) is 41.1 Å². The average Bonchev–Trinajstić information content (AvgIpc) is 2.73. The Morgan fingerprint density at radius 1 is 1.27 bits per heavy atom. The van der Waals surface area contributed by atoms with Crippen molar-refractivity contribution in [1.29, 1.82) is 0 Å². The summed E-state index contributed by atoms with van der Waals surface area (Å²) in [6.45, 7) is 7.45. The lowest BCUT2D eigenvalue weighted by Crippen LogP contribution is -1.90. The van der Waals surface area contributed by atoms with E-state index in [1.165, 1.54) is 0 Å². The van der Waals surface area contributed by atoms with Crippen molar-refractivity contribution in [3.63, 3.8) is 0 Å². The van der Waals surface area contributed by atoms with Crippen molar-refractivity contribution in [2.24, 2.45) is 0 Å². The van der Waals surface area contributed by atoms with E-state index in [0.29, 0.717) is 0 Å². The van der Waals surface area contributed by atoms with E-state index < -0.39 is 0 Å². The molecule has 0 radical (unpaired) electrons. The Morgan fingerprint density at radius 2 is 2.13 bits per heavy atom. The first-order valence-electron chi connectivity index (χ1n) is 4.74. The summed E-state index contributed by atoms with van der Waals surface area (Å²) in [6.07, 6.45) is 13.2. The number of imidazole rings is 1. The summed E-state index contributed by atoms with van der Waals surface area (Å²) < 4.78 is 1.98. The van der Waals surface area contributed by atoms with Gasteiger partial charge in [-0.1, -0.05) is 37.5 Å². The Hall–Kier alpha value is -2.09. The van der Waals surface area contributed by atoms with E-state index in [4.69, 9.17) is 0 Å². The first-order chi connectivity index (χ1) is 7.36. The second-order valence-corrected chi connectivity index (χ2v) is 3.14. The van der Waals surface area contributed by atoms with Gasteiger partial charge in [-0.2, -0.15) is 0 Å². The summed E-state index contributed by atoms with van der Waals surface area (Å²) in [7, 11) is 0. The molecular weight excluding hydrogens is 184 g/mol. The predicted molar refractivity (Wildman–Crippen MR) is 64.5 cm³/mol. The van der Waals surface area contributed by atoms with Gasteiger partial charge in [-0.05, 0) is 11.6 Å². The van der Waals surface area contributed by atoms with E-state index in [1.54, 1.807) is 12.3 Å². The third-order valence-corrected chi connectivity index (χ3v) is 2.25. The van der Waals surface area contributed by atoms with Gasteiger partial charge in [-0.25, -0.2) is 4.98 Å². The van der Waals surface area contributed by atoms with E-state index in [-0.39, 0.29) is 0 Å². The zero-order valence-corrected chi connectivity index (χ0v) is 8.43. The fourth-order valence-corrected chi connectivity index (χ4v) is 1.53. The molecule has 0 bridgehead atoms. The van der Waals surface area contributed by atoms with Crippen molar-refractivity contribution in [3.8, 4) is 0 Å². The van der Waals surface area contributed by atoms with Crippen molar-refractivity contribution >= 4 is 17.8 Å². The molecule has 0 saturated carbocycles. The predicted octanol–water partition coefficient (Wildman–Crippen LogP) is 3.18. The number of pyridine rings is 1. The number of hydrogen-bond acceptors (Lipinski definition) is 1. The van der Waals surface area contributed by atoms with Gasteiger partial charge in [0.1, 0.15) is 5.65 Å². The molecule has 2 heterocycles. The summed E-state index contributed by atoms with van der Waals surface area (Å²) in [5.74, 6) is 0. The number of nitrogens with zero attached hydrogens (tertiary/aromatic N) is 2. The number of rotatable bonds is 3. The molecule has 0 aliphatic rings. The van der Waals surface area contributed by atoms with Gasteiger partial charge >= 0.3 is 0 Å². The third-order valence-electron chi connectivity index (χ3n) is 2.25. The smallest absolute Gasteiger partial charge is 0.144 e. The zero-order chi connectivity index (χ0) is 10.7. The first-order valence-corrected chi connectivity index (χ1v) is 4.74. The van der Waals surface area contributed by atoms with Crippen LogP contribution in [0.15, 0.2) is 50.0 Å². The van der Waals surface area contributed by atoms with Crippen LogP contribution in [0, 0.1) is 0 Å². The maximum Gasteiger partial charge on any atom is 0.144 e. The zero-order valence-electron chi connectivity index (χ0n) is 8.43. The third kappa shape index (κ3) is 1.62. The standard InChI is InChI=1S/C13H12N2/c1-3-5-6-12-11(4-2)7-9-15-10-8-14-13(12)15/h3-10H,1-2H2/b6-5-. The molecule has 2 aromatic heterocycles. The maximum atomic E-state index is 4.31. The van der Waals surface area contributed by atoms with Gasteiger partial charge in [-0.3, -0.25) is 0 Å². The van der Waals surface area contributed by atoms with E-state index in [9.17, 15) is 0 Å². The van der Waals surface area contributed by atoms with E-state index >= 15 is 0 Å². The molecule has 0 unspecified atom stereocenters. The molecule has 0 aliphatic carbocycles. The van der Waals surface area contributed by atoms with Crippen molar-refractivity contribution in [3.05, 3.63) is 61.1 Å². The largest absolute Gasteiger partial charge is 0.307 e. The Morgan fingerprint density at radius 3 is 2.87 bits per heavy atom. The summed E-state index contributed by atoms with van der Waals surface area (Å²) in [4.78, 5) is 4.31. The lowest BCUT2D eigenvalue weighted by molar-refractivity contribution is 1.18. The lowest BCUT2D eigenvalue weighted by atomic mass is 10.1. The summed E-state index contributed by atoms with van der Waals surface area (Å²) in [5.41, 5.74) is 3.08. The highest BCUT2D eigenvalue weighted by Gasteiger charge is 2.03. The molecule has 0 N–H and O–H groups in total. The van der Waals surface area contributed by atoms with Crippen LogP contribution in [0.5, 0.6) is 0 Å². The summed E-state index contributed by atoms with van der Waals surface area (Å²) in [6, 6.07) is 2.02. The van der Waals surface area contributed by atoms with Gasteiger partial charge in [0.2, 0.25) is 0 Å². The topological polar surface area (TPSA) is 17.3 Å². The van der Waals surface area contributed by atoms with Crippen LogP contribution in [0.2, 0.25) is 0 Å². The fourth-order valence-electron chi connectivity index (χ4n) is 1.53. The number of aromatic nitrogens is 2. The minimum atomic E-state index is 0.936. The Labute approximate surface area is 88.9 Å². The molecule has 15 heavy (non-hydrogen) atoms. The molecule has 0 aliphatic heterocycles. The number of fused-ring (bicyclic) bond motifs is 1. The van der Waals surface area contributed by atoms with Crippen LogP contribution in [0.4, 0.5) is 0 Å². The van der Waals surface area contributed by atoms with Gasteiger partial charge < -0.3 is 4.40 Å². The molecule has 2 heteroatoms. The molecule has 2 aromatic rings. The molecule has 0 fully saturated rings. The van der Waals surface area contributed by atoms with Gasteiger partial charge in [-0.15, -0.1) is 0 Å². The molecule has 2 nitrogen and oxygen atoms in total. The van der Waals surface area contributed by atoms with Crippen LogP contribution >= 0.6 is 0 Å². The second kappa shape index (κ2) is 3.96. The van der Waals surface area contributed by atoms with Crippen LogP contribution in [0.3, 0.4) is 0 Å². The maximum absolute atomic E-state index is 4.31. The lowest BCUT2D eigenvalue weighted by Gasteiger charge is -2.03. The van der Waals surface area contributed by atoms with Crippen LogP contribution in [0.25, 0.3) is 17.8 Å². The highest BCUT2D eigenvalue weighted by atomic mass is 15.0. The van der Waals surface area contributed by atoms with Crippen molar-refractivity contribution in [2.45, 2.75) is 0 Å². The van der Waals surface area contributed by atoms with E-state index in [2.05, 4.69) is 18.1 Å². The molecule has 0 aromatic carbocycles. The quantitative estimate of drug-likeness (QED) is 0.689. The Kier molecular flexibility index (Phi) is 2.50. The van der Waals surface area contributed by atoms with Gasteiger partial charge in [0.05, 0.1) is 0 Å². The molecule has 0 spiro atoms. The Bertz CT molecular complexity index is 532. The van der Waals surface area contributed by atoms with Crippen LogP contribution in [-0.2, 0) is 0 Å². The minimum Gasteiger partial charge on any atom is -0.307 e. The van der Waals surface area contributed by atoms with Crippen LogP contribution in [0.1, 0.15) is 11.1 Å². The van der Waals surface area contributed by atoms with Gasteiger partial charge in [0.15, 0.2) is 0 Å². The second-order valence-electron chi connectivity index (χ2n) is 3.14. The van der Waals surface area contributed by atoms with E-state index in [0.717, 1.165) is 16.8 Å². The van der Waals surface area contributed by atoms with Gasteiger partial charge in [0, 0.05) is 24.2 Å². The normalized spacial score (nSPS) is 10.9. The number of allylic oxidation sites excluding steroid dienone is 2. The molecular formula is C13H12N2. The minimum absolute atomic E-state index is 0.936. The average molecular weight is 196 g/mol. The highest BCUT2D eigenvalue weighted by molar-refractivity contribution is 5.75. The first kappa shape index (κ1) is 9.46. The fraction of sp³-hybridized carbons (Fsp3) is 0. The molecule has 74 valence electrons. The summed E-state index contributed by atoms with van der Waals surface area (Å²) >= 11 is 0. The van der Waals surface area contributed by atoms with Crippen molar-refractivity contribution in [1.82, 2.24) is 9.38 Å². The molecule has 0 saturated heterocycles. The Balaban J connectivity index is 2.73. The van der Waals surface area contributed by atoms with Crippen molar-refractivity contribution < 1.29 is 0 Å². The molecule has 2 rings (SSSR count). The SMILES string of the molecule is C=C/C=C\c1c(C=C)ccn2ccnc12. The van der Waals surface area contributed by atoms with Gasteiger partial charge in [0.25, 0.3) is 0 Å². The van der Waals surface area contributed by atoms with Crippen molar-refractivity contribution in [2.75, 3.05) is 0 Å². The van der Waals surface area contributed by atoms with Crippen LogP contribution in [-0.4, -0.2) is 9.38 Å². The molecule has 0 atom stereocenters. The number of hydrogen-bond donors (Lipinski definition) is 0. The molecule has 0 amide bonds. The monoisotopic (exact) mass is 196 g/mol. The highest BCUT2D eigenvalue weighted by Crippen LogP contribution is 2.17. The van der Waals surface area contributed by atoms with Crippen LogP contribution < -0.4 is 0 Å².